The first kappa shape index (κ1) is 12.1. The van der Waals surface area contributed by atoms with Crippen LogP contribution in [0.1, 0.15) is 22.5 Å². The van der Waals surface area contributed by atoms with Crippen molar-refractivity contribution >= 4 is 51.0 Å². The SMILES string of the molecule is O=C(Cl)c1cc(I)nc(C(F)F)c1Cl. The summed E-state index contributed by atoms with van der Waals surface area (Å²) in [6.45, 7) is 0. The van der Waals surface area contributed by atoms with E-state index in [1.807, 2.05) is 0 Å². The van der Waals surface area contributed by atoms with Crippen LogP contribution in [-0.4, -0.2) is 10.2 Å². The molecule has 0 fully saturated rings. The van der Waals surface area contributed by atoms with E-state index in [9.17, 15) is 13.6 Å². The van der Waals surface area contributed by atoms with Crippen LogP contribution in [0.5, 0.6) is 0 Å². The fraction of sp³-hybridized carbons (Fsp3) is 0.143. The van der Waals surface area contributed by atoms with Crippen molar-refractivity contribution in [2.24, 2.45) is 0 Å². The van der Waals surface area contributed by atoms with E-state index < -0.39 is 17.4 Å². The Morgan fingerprint density at radius 2 is 2.14 bits per heavy atom. The first-order valence-corrected chi connectivity index (χ1v) is 5.11. The van der Waals surface area contributed by atoms with Gasteiger partial charge in [0.25, 0.3) is 11.7 Å². The number of hydrogen-bond donors (Lipinski definition) is 0. The molecule has 14 heavy (non-hydrogen) atoms. The van der Waals surface area contributed by atoms with Crippen molar-refractivity contribution in [1.82, 2.24) is 4.98 Å². The van der Waals surface area contributed by atoms with Crippen LogP contribution >= 0.6 is 45.8 Å². The molecule has 1 aromatic heterocycles. The largest absolute Gasteiger partial charge is 0.281 e. The third-order valence-corrected chi connectivity index (χ3v) is 2.52. The van der Waals surface area contributed by atoms with Gasteiger partial charge < -0.3 is 0 Å². The number of pyridine rings is 1. The van der Waals surface area contributed by atoms with Gasteiger partial charge in [0.05, 0.1) is 10.6 Å². The Hall–Kier alpha value is -0.0100. The zero-order chi connectivity index (χ0) is 10.9. The van der Waals surface area contributed by atoms with Crippen LogP contribution in [0, 0.1) is 3.70 Å². The number of alkyl halides is 2. The Morgan fingerprint density at radius 1 is 1.57 bits per heavy atom. The summed E-state index contributed by atoms with van der Waals surface area (Å²) in [7, 11) is 0. The predicted octanol–water partition coefficient (Wildman–Crippen LogP) is 3.66. The molecule has 0 unspecified atom stereocenters. The van der Waals surface area contributed by atoms with E-state index in [0.29, 0.717) is 0 Å². The molecular weight excluding hydrogens is 350 g/mol. The van der Waals surface area contributed by atoms with Gasteiger partial charge in [-0.15, -0.1) is 0 Å². The Morgan fingerprint density at radius 3 is 2.57 bits per heavy atom. The molecule has 0 bridgehead atoms. The molecule has 2 nitrogen and oxygen atoms in total. The van der Waals surface area contributed by atoms with Crippen molar-refractivity contribution in [3.63, 3.8) is 0 Å². The number of nitrogens with zero attached hydrogens (tertiary/aromatic N) is 1. The summed E-state index contributed by atoms with van der Waals surface area (Å²) in [5.74, 6) is 0. The van der Waals surface area contributed by atoms with E-state index in [1.165, 1.54) is 6.07 Å². The Bertz CT molecular complexity index is 386. The van der Waals surface area contributed by atoms with Gasteiger partial charge in [-0.05, 0) is 40.3 Å². The molecule has 1 rings (SSSR count). The molecule has 1 heterocycles. The molecule has 0 aliphatic carbocycles. The van der Waals surface area contributed by atoms with Gasteiger partial charge in [0.1, 0.15) is 9.39 Å². The zero-order valence-electron chi connectivity index (χ0n) is 6.40. The monoisotopic (exact) mass is 351 g/mol. The number of hydrogen-bond acceptors (Lipinski definition) is 2. The minimum atomic E-state index is -2.83. The second-order valence-corrected chi connectivity index (χ2v) is 4.09. The number of carbonyl (C=O) groups is 1. The highest BCUT2D eigenvalue weighted by atomic mass is 127. The molecule has 0 N–H and O–H groups in total. The third-order valence-electron chi connectivity index (χ3n) is 1.37. The van der Waals surface area contributed by atoms with E-state index in [1.54, 1.807) is 22.6 Å². The zero-order valence-corrected chi connectivity index (χ0v) is 10.1. The maximum atomic E-state index is 12.3. The van der Waals surface area contributed by atoms with E-state index in [2.05, 4.69) is 4.98 Å². The molecule has 0 aliphatic rings. The lowest BCUT2D eigenvalue weighted by atomic mass is 10.2. The average Bonchev–Trinajstić information content (AvgIpc) is 2.07. The fourth-order valence-corrected chi connectivity index (χ4v) is 1.84. The normalized spacial score (nSPS) is 10.7. The van der Waals surface area contributed by atoms with Crippen molar-refractivity contribution in [2.75, 3.05) is 0 Å². The molecule has 0 spiro atoms. The van der Waals surface area contributed by atoms with Gasteiger partial charge in [0, 0.05) is 0 Å². The van der Waals surface area contributed by atoms with Crippen molar-refractivity contribution in [2.45, 2.75) is 6.43 Å². The van der Waals surface area contributed by atoms with Crippen LogP contribution in [0.4, 0.5) is 8.78 Å². The lowest BCUT2D eigenvalue weighted by Crippen LogP contribution is -2.01. The van der Waals surface area contributed by atoms with Crippen molar-refractivity contribution < 1.29 is 13.6 Å². The van der Waals surface area contributed by atoms with Gasteiger partial charge in [0.15, 0.2) is 0 Å². The minimum Gasteiger partial charge on any atom is -0.276 e. The Labute approximate surface area is 102 Å². The van der Waals surface area contributed by atoms with Gasteiger partial charge in [-0.1, -0.05) is 11.6 Å². The average molecular weight is 352 g/mol. The van der Waals surface area contributed by atoms with Gasteiger partial charge >= 0.3 is 0 Å². The Balaban J connectivity index is 3.40. The second kappa shape index (κ2) is 4.67. The van der Waals surface area contributed by atoms with Crippen LogP contribution < -0.4 is 0 Å². The molecular formula is C7H2Cl2F2INO. The van der Waals surface area contributed by atoms with E-state index in [0.717, 1.165) is 0 Å². The van der Waals surface area contributed by atoms with Crippen LogP contribution in [0.3, 0.4) is 0 Å². The third kappa shape index (κ3) is 2.52. The van der Waals surface area contributed by atoms with Crippen LogP contribution in [0.25, 0.3) is 0 Å². The Kier molecular flexibility index (Phi) is 4.03. The van der Waals surface area contributed by atoms with Crippen LogP contribution in [-0.2, 0) is 0 Å². The predicted molar refractivity (Wildman–Crippen MR) is 57.1 cm³/mol. The first-order chi connectivity index (χ1) is 6.43. The molecule has 1 aromatic rings. The number of rotatable bonds is 2. The highest BCUT2D eigenvalue weighted by Gasteiger charge is 2.20. The molecule has 0 aliphatic heterocycles. The number of halogens is 5. The standard InChI is InChI=1S/C7H2Cl2F2INO/c8-4-2(6(9)14)1-3(12)13-5(4)7(10)11/h1,7H. The molecule has 76 valence electrons. The summed E-state index contributed by atoms with van der Waals surface area (Å²) in [5.41, 5.74) is -0.773. The molecule has 0 atom stereocenters. The molecule has 0 amide bonds. The summed E-state index contributed by atoms with van der Waals surface area (Å²) >= 11 is 12.4. The molecule has 0 aromatic carbocycles. The van der Waals surface area contributed by atoms with E-state index >= 15 is 0 Å². The van der Waals surface area contributed by atoms with Crippen LogP contribution in [0.15, 0.2) is 6.07 Å². The summed E-state index contributed by atoms with van der Waals surface area (Å²) in [6, 6.07) is 1.25. The number of aromatic nitrogens is 1. The molecule has 0 saturated carbocycles. The van der Waals surface area contributed by atoms with Crippen molar-refractivity contribution in [1.29, 1.82) is 0 Å². The summed E-state index contributed by atoms with van der Waals surface area (Å²) in [5, 5.41) is -1.27. The number of carbonyl (C=O) groups excluding carboxylic acids is 1. The summed E-state index contributed by atoms with van der Waals surface area (Å²) in [4.78, 5) is 14.3. The van der Waals surface area contributed by atoms with Gasteiger partial charge in [-0.3, -0.25) is 4.79 Å². The maximum Gasteiger partial charge on any atom is 0.281 e. The lowest BCUT2D eigenvalue weighted by Gasteiger charge is -2.05. The van der Waals surface area contributed by atoms with Gasteiger partial charge in [-0.25, -0.2) is 13.8 Å². The highest BCUT2D eigenvalue weighted by molar-refractivity contribution is 14.1. The van der Waals surface area contributed by atoms with Crippen LogP contribution in [0.2, 0.25) is 5.02 Å². The first-order valence-electron chi connectivity index (χ1n) is 3.27. The highest BCUT2D eigenvalue weighted by Crippen LogP contribution is 2.29. The van der Waals surface area contributed by atoms with Crippen molar-refractivity contribution in [3.8, 4) is 0 Å². The quantitative estimate of drug-likeness (QED) is 0.462. The van der Waals surface area contributed by atoms with Gasteiger partial charge in [-0.2, -0.15) is 0 Å². The topological polar surface area (TPSA) is 30.0 Å². The maximum absolute atomic E-state index is 12.3. The van der Waals surface area contributed by atoms with Crippen molar-refractivity contribution in [3.05, 3.63) is 26.0 Å². The smallest absolute Gasteiger partial charge is 0.276 e. The van der Waals surface area contributed by atoms with E-state index in [-0.39, 0.29) is 14.3 Å². The molecule has 0 saturated heterocycles. The minimum absolute atomic E-state index is 0.150. The molecule has 0 radical (unpaired) electrons. The summed E-state index contributed by atoms with van der Waals surface area (Å²) < 4.78 is 24.9. The molecule has 7 heteroatoms. The lowest BCUT2D eigenvalue weighted by molar-refractivity contribution is 0.108. The van der Waals surface area contributed by atoms with E-state index in [4.69, 9.17) is 23.2 Å². The summed E-state index contributed by atoms with van der Waals surface area (Å²) in [6.07, 6.45) is -2.83. The fourth-order valence-electron chi connectivity index (χ4n) is 0.804. The van der Waals surface area contributed by atoms with Gasteiger partial charge in [0.2, 0.25) is 0 Å². The second-order valence-electron chi connectivity index (χ2n) is 2.27.